The average Bonchev–Trinajstić information content (AvgIpc) is 3.46. The Kier molecular flexibility index (Phi) is 8.33. The lowest BCUT2D eigenvalue weighted by Crippen LogP contribution is -2.02. The summed E-state index contributed by atoms with van der Waals surface area (Å²) in [6.45, 7) is 4.65. The van der Waals surface area contributed by atoms with Crippen molar-refractivity contribution in [2.45, 2.75) is 20.4 Å². The van der Waals surface area contributed by atoms with E-state index >= 15 is 0 Å². The van der Waals surface area contributed by atoms with Crippen molar-refractivity contribution in [1.82, 2.24) is 29.7 Å². The zero-order valence-electron chi connectivity index (χ0n) is 18.9. The molecule has 0 saturated heterocycles. The number of hydrogen-bond donors (Lipinski definition) is 0. The molecule has 0 N–H and O–H groups in total. The van der Waals surface area contributed by atoms with Crippen LogP contribution < -0.4 is 0 Å². The van der Waals surface area contributed by atoms with Crippen molar-refractivity contribution in [2.75, 3.05) is 0 Å². The highest BCUT2D eigenvalue weighted by atomic mass is 79.9. The van der Waals surface area contributed by atoms with Crippen LogP contribution in [0.25, 0.3) is 16.9 Å². The van der Waals surface area contributed by atoms with Crippen molar-refractivity contribution in [3.8, 4) is 5.95 Å². The van der Waals surface area contributed by atoms with Crippen LogP contribution in [0.3, 0.4) is 0 Å². The van der Waals surface area contributed by atoms with Gasteiger partial charge in [-0.1, -0.05) is 44.0 Å². The fourth-order valence-corrected chi connectivity index (χ4v) is 4.13. The van der Waals surface area contributed by atoms with E-state index in [1.54, 1.807) is 23.1 Å². The van der Waals surface area contributed by atoms with Crippen molar-refractivity contribution in [3.05, 3.63) is 104 Å². The van der Waals surface area contributed by atoms with Gasteiger partial charge < -0.3 is 0 Å². The highest BCUT2D eigenvalue weighted by Crippen LogP contribution is 2.21. The molecule has 3 aromatic heterocycles. The minimum Gasteiger partial charge on any atom is -0.288 e. The molecule has 176 valence electrons. The number of nitrogens with zero attached hydrogens (tertiary/aromatic N) is 7. The summed E-state index contributed by atoms with van der Waals surface area (Å²) in [5, 5.41) is 5.70. The van der Waals surface area contributed by atoms with Gasteiger partial charge in [-0.2, -0.15) is 9.78 Å². The van der Waals surface area contributed by atoms with E-state index in [1.807, 2.05) is 56.6 Å². The zero-order chi connectivity index (χ0) is 24.8. The summed E-state index contributed by atoms with van der Waals surface area (Å²) in [6.07, 6.45) is 7.10. The fourth-order valence-electron chi connectivity index (χ4n) is 3.19. The number of aliphatic imine (C=N–C) groups is 1. The molecule has 35 heavy (non-hydrogen) atoms. The molecule has 0 fully saturated rings. The van der Waals surface area contributed by atoms with E-state index in [2.05, 4.69) is 74.0 Å². The van der Waals surface area contributed by atoms with Crippen LogP contribution >= 0.6 is 43.5 Å². The molecule has 2 aromatic carbocycles. The van der Waals surface area contributed by atoms with E-state index in [0.717, 1.165) is 37.8 Å². The van der Waals surface area contributed by atoms with Gasteiger partial charge in [0.1, 0.15) is 0 Å². The number of benzene rings is 2. The van der Waals surface area contributed by atoms with Gasteiger partial charge in [0.05, 0.1) is 18.3 Å². The Labute approximate surface area is 224 Å². The number of hydrogen-bond acceptors (Lipinski definition) is 6. The molecule has 4 heterocycles. The van der Waals surface area contributed by atoms with Gasteiger partial charge in [0.2, 0.25) is 5.28 Å². The standard InChI is InChI=1S/C12H9BrN4.C8H6BrN.C5H5ClN2/c1-8-4-5-14-12(16-8)17-11-6-10(13)3-2-9(11)7-15-17;9-8-2-1-6-4-10-5-7(6)3-8;1-4-2-3-7-5(6)8-4/h2-7H,1H3;1-4H,5H2;2-3H,1H3. The number of halogens is 3. The van der Waals surface area contributed by atoms with E-state index in [-0.39, 0.29) is 0 Å². The fraction of sp³-hybridized carbons (Fsp3) is 0.120. The van der Waals surface area contributed by atoms with Gasteiger partial charge in [0.25, 0.3) is 5.95 Å². The monoisotopic (exact) mass is 611 g/mol. The van der Waals surface area contributed by atoms with Crippen molar-refractivity contribution in [1.29, 1.82) is 0 Å². The summed E-state index contributed by atoms with van der Waals surface area (Å²) in [5.41, 5.74) is 5.38. The molecule has 10 heteroatoms. The highest BCUT2D eigenvalue weighted by Gasteiger charge is 2.07. The molecule has 1 aliphatic heterocycles. The van der Waals surface area contributed by atoms with Crippen LogP contribution in [0.15, 0.2) is 81.1 Å². The van der Waals surface area contributed by atoms with Crippen LogP contribution in [-0.2, 0) is 6.54 Å². The highest BCUT2D eigenvalue weighted by molar-refractivity contribution is 9.10. The molecule has 0 aliphatic carbocycles. The molecule has 0 radical (unpaired) electrons. The molecule has 0 unspecified atom stereocenters. The first kappa shape index (κ1) is 25.1. The maximum Gasteiger partial charge on any atom is 0.251 e. The van der Waals surface area contributed by atoms with E-state index < -0.39 is 0 Å². The van der Waals surface area contributed by atoms with Crippen molar-refractivity contribution in [3.63, 3.8) is 0 Å². The largest absolute Gasteiger partial charge is 0.288 e. The molecule has 1 aliphatic rings. The van der Waals surface area contributed by atoms with Crippen LogP contribution in [0.1, 0.15) is 22.5 Å². The molecule has 0 amide bonds. The van der Waals surface area contributed by atoms with Gasteiger partial charge in [-0.3, -0.25) is 4.99 Å². The topological polar surface area (TPSA) is 81.7 Å². The first-order valence-electron chi connectivity index (χ1n) is 10.6. The summed E-state index contributed by atoms with van der Waals surface area (Å²) in [6, 6.07) is 15.9. The van der Waals surface area contributed by atoms with Gasteiger partial charge in [-0.25, -0.2) is 19.9 Å². The zero-order valence-corrected chi connectivity index (χ0v) is 22.8. The quantitative estimate of drug-likeness (QED) is 0.197. The Morgan fingerprint density at radius 1 is 0.857 bits per heavy atom. The lowest BCUT2D eigenvalue weighted by Gasteiger charge is -2.02. The second kappa shape index (κ2) is 11.6. The SMILES string of the molecule is Brc1ccc2c(c1)CN=C2.Cc1ccnc(-n2ncc3ccc(Br)cc32)n1.Cc1ccnc(Cl)n1. The predicted octanol–water partition coefficient (Wildman–Crippen LogP) is 6.71. The summed E-state index contributed by atoms with van der Waals surface area (Å²) < 4.78 is 3.89. The van der Waals surface area contributed by atoms with Crippen molar-refractivity contribution >= 4 is 60.6 Å². The average molecular weight is 614 g/mol. The lowest BCUT2D eigenvalue weighted by molar-refractivity contribution is 0.824. The molecule has 0 spiro atoms. The Hall–Kier alpha value is -3.01. The Morgan fingerprint density at radius 2 is 1.57 bits per heavy atom. The summed E-state index contributed by atoms with van der Waals surface area (Å²) >= 11 is 12.3. The second-order valence-corrected chi connectivity index (χ2v) is 9.71. The van der Waals surface area contributed by atoms with E-state index in [1.165, 1.54) is 11.1 Å². The summed E-state index contributed by atoms with van der Waals surface area (Å²) in [7, 11) is 0. The second-order valence-electron chi connectivity index (χ2n) is 7.54. The maximum absolute atomic E-state index is 5.42. The van der Waals surface area contributed by atoms with Gasteiger partial charge >= 0.3 is 0 Å². The van der Waals surface area contributed by atoms with Crippen LogP contribution in [0.2, 0.25) is 5.28 Å². The van der Waals surface area contributed by atoms with Gasteiger partial charge in [-0.15, -0.1) is 0 Å². The third kappa shape index (κ3) is 6.78. The maximum atomic E-state index is 5.42. The van der Waals surface area contributed by atoms with Gasteiger partial charge in [0, 0.05) is 44.3 Å². The molecule has 0 bridgehead atoms. The Bertz CT molecular complexity index is 1480. The molecule has 5 aromatic rings. The van der Waals surface area contributed by atoms with E-state index in [0.29, 0.717) is 11.2 Å². The van der Waals surface area contributed by atoms with Crippen LogP contribution in [0.4, 0.5) is 0 Å². The first-order valence-corrected chi connectivity index (χ1v) is 12.5. The number of rotatable bonds is 1. The van der Waals surface area contributed by atoms with Gasteiger partial charge in [-0.05, 0) is 73.0 Å². The van der Waals surface area contributed by atoms with Crippen molar-refractivity contribution in [2.24, 2.45) is 4.99 Å². The molecule has 0 atom stereocenters. The predicted molar refractivity (Wildman–Crippen MR) is 146 cm³/mol. The van der Waals surface area contributed by atoms with Crippen LogP contribution in [0, 0.1) is 13.8 Å². The Balaban J connectivity index is 0.000000136. The number of aryl methyl sites for hydroxylation is 2. The molecular weight excluding hydrogens is 594 g/mol. The Morgan fingerprint density at radius 3 is 2.29 bits per heavy atom. The van der Waals surface area contributed by atoms with Crippen LogP contribution in [0.5, 0.6) is 0 Å². The summed E-state index contributed by atoms with van der Waals surface area (Å²) in [4.78, 5) is 20.3. The van der Waals surface area contributed by atoms with E-state index in [4.69, 9.17) is 11.6 Å². The summed E-state index contributed by atoms with van der Waals surface area (Å²) in [5.74, 6) is 0.595. The third-order valence-corrected chi connectivity index (χ3v) is 6.04. The normalized spacial score (nSPS) is 11.3. The first-order chi connectivity index (χ1) is 16.9. The van der Waals surface area contributed by atoms with Crippen LogP contribution in [-0.4, -0.2) is 35.9 Å². The molecular formula is C25H20Br2ClN7. The van der Waals surface area contributed by atoms with Gasteiger partial charge in [0.15, 0.2) is 0 Å². The molecule has 6 rings (SSSR count). The van der Waals surface area contributed by atoms with Crippen molar-refractivity contribution < 1.29 is 0 Å². The minimum absolute atomic E-state index is 0.310. The van der Waals surface area contributed by atoms with E-state index in [9.17, 15) is 0 Å². The smallest absolute Gasteiger partial charge is 0.251 e. The number of aromatic nitrogens is 6. The minimum atomic E-state index is 0.310. The molecule has 7 nitrogen and oxygen atoms in total. The lowest BCUT2D eigenvalue weighted by atomic mass is 10.1. The number of fused-ring (bicyclic) bond motifs is 2. The third-order valence-electron chi connectivity index (χ3n) is 4.87. The molecule has 0 saturated carbocycles.